The lowest BCUT2D eigenvalue weighted by Crippen LogP contribution is -2.02. The maximum absolute atomic E-state index is 11.1. The number of nitrogens with zero attached hydrogens (tertiary/aromatic N) is 1. The van der Waals surface area contributed by atoms with Crippen LogP contribution in [0.2, 0.25) is 0 Å². The molecule has 0 aromatic carbocycles. The van der Waals surface area contributed by atoms with Crippen molar-refractivity contribution in [3.63, 3.8) is 0 Å². The Labute approximate surface area is 75.8 Å². The van der Waals surface area contributed by atoms with Crippen LogP contribution in [0.15, 0.2) is 6.20 Å². The van der Waals surface area contributed by atoms with E-state index in [-0.39, 0.29) is 11.3 Å². The van der Waals surface area contributed by atoms with E-state index in [2.05, 4.69) is 0 Å². The van der Waals surface area contributed by atoms with Crippen molar-refractivity contribution in [2.45, 2.75) is 13.8 Å². The van der Waals surface area contributed by atoms with E-state index in [0.717, 1.165) is 0 Å². The maximum Gasteiger partial charge on any atom is 0.337 e. The van der Waals surface area contributed by atoms with E-state index >= 15 is 0 Å². The normalized spacial score (nSPS) is 10.1. The molecule has 0 fully saturated rings. The van der Waals surface area contributed by atoms with Gasteiger partial charge in [-0.2, -0.15) is 0 Å². The minimum Gasteiger partial charge on any atom is -0.478 e. The molecule has 0 spiro atoms. The SMILES string of the molecule is CC(=O)c1c(C)c(C(=O)O)cn1C. The molecule has 4 nitrogen and oxygen atoms in total. The molecule has 0 saturated heterocycles. The van der Waals surface area contributed by atoms with Gasteiger partial charge in [-0.25, -0.2) is 4.79 Å². The van der Waals surface area contributed by atoms with Gasteiger partial charge < -0.3 is 9.67 Å². The topological polar surface area (TPSA) is 59.3 Å². The van der Waals surface area contributed by atoms with Crippen molar-refractivity contribution < 1.29 is 14.7 Å². The lowest BCUT2D eigenvalue weighted by molar-refractivity contribution is 0.0696. The van der Waals surface area contributed by atoms with Crippen LogP contribution in [0.1, 0.15) is 33.3 Å². The number of carbonyl (C=O) groups excluding carboxylic acids is 1. The summed E-state index contributed by atoms with van der Waals surface area (Å²) in [6.45, 7) is 3.06. The Morgan fingerprint density at radius 1 is 1.46 bits per heavy atom. The Balaban J connectivity index is 3.39. The molecule has 0 aliphatic carbocycles. The van der Waals surface area contributed by atoms with E-state index < -0.39 is 5.97 Å². The lowest BCUT2D eigenvalue weighted by atomic mass is 10.1. The van der Waals surface area contributed by atoms with Gasteiger partial charge >= 0.3 is 5.97 Å². The number of hydrogen-bond donors (Lipinski definition) is 1. The molecule has 0 aliphatic heterocycles. The number of rotatable bonds is 2. The number of carboxylic acids is 1. The van der Waals surface area contributed by atoms with E-state index in [0.29, 0.717) is 11.3 Å². The fourth-order valence-corrected chi connectivity index (χ4v) is 1.48. The van der Waals surface area contributed by atoms with Crippen LogP contribution in [0, 0.1) is 6.92 Å². The molecule has 1 heterocycles. The molecule has 0 radical (unpaired) electrons. The molecule has 1 aromatic heterocycles. The quantitative estimate of drug-likeness (QED) is 0.698. The number of ketones is 1. The number of aryl methyl sites for hydroxylation is 1. The fraction of sp³-hybridized carbons (Fsp3) is 0.333. The van der Waals surface area contributed by atoms with Crippen molar-refractivity contribution in [2.75, 3.05) is 0 Å². The van der Waals surface area contributed by atoms with Crippen LogP contribution in [0.25, 0.3) is 0 Å². The van der Waals surface area contributed by atoms with Gasteiger partial charge in [0.05, 0.1) is 11.3 Å². The zero-order valence-corrected chi connectivity index (χ0v) is 7.79. The second kappa shape index (κ2) is 3.05. The van der Waals surface area contributed by atoms with Gasteiger partial charge in [0.25, 0.3) is 0 Å². The standard InChI is InChI=1S/C9H11NO3/c1-5-7(9(12)13)4-10(3)8(5)6(2)11/h4H,1-3H3,(H,12,13). The van der Waals surface area contributed by atoms with Crippen LogP contribution in [-0.4, -0.2) is 21.4 Å². The highest BCUT2D eigenvalue weighted by Crippen LogP contribution is 2.15. The highest BCUT2D eigenvalue weighted by molar-refractivity contribution is 5.99. The Kier molecular flexibility index (Phi) is 2.23. The molecule has 0 aliphatic rings. The second-order valence-corrected chi connectivity index (χ2v) is 2.99. The van der Waals surface area contributed by atoms with Gasteiger partial charge in [0.15, 0.2) is 5.78 Å². The Morgan fingerprint density at radius 2 is 2.00 bits per heavy atom. The van der Waals surface area contributed by atoms with E-state index in [9.17, 15) is 9.59 Å². The average Bonchev–Trinajstić information content (AvgIpc) is 2.26. The maximum atomic E-state index is 11.1. The van der Waals surface area contributed by atoms with Gasteiger partial charge in [-0.05, 0) is 12.5 Å². The molecule has 0 saturated carbocycles. The molecule has 0 amide bonds. The van der Waals surface area contributed by atoms with Crippen molar-refractivity contribution in [1.29, 1.82) is 0 Å². The van der Waals surface area contributed by atoms with Crippen molar-refractivity contribution in [1.82, 2.24) is 4.57 Å². The first kappa shape index (κ1) is 9.51. The Morgan fingerprint density at radius 3 is 2.23 bits per heavy atom. The van der Waals surface area contributed by atoms with Gasteiger partial charge in [-0.15, -0.1) is 0 Å². The van der Waals surface area contributed by atoms with E-state index in [4.69, 9.17) is 5.11 Å². The minimum atomic E-state index is -0.999. The van der Waals surface area contributed by atoms with Crippen molar-refractivity contribution in [3.05, 3.63) is 23.0 Å². The Bertz CT molecular complexity index is 376. The van der Waals surface area contributed by atoms with Gasteiger partial charge in [-0.1, -0.05) is 0 Å². The molecule has 0 bridgehead atoms. The summed E-state index contributed by atoms with van der Waals surface area (Å²) in [7, 11) is 1.66. The predicted molar refractivity (Wildman–Crippen MR) is 47.1 cm³/mol. The minimum absolute atomic E-state index is 0.118. The smallest absolute Gasteiger partial charge is 0.337 e. The third-order valence-corrected chi connectivity index (χ3v) is 2.00. The van der Waals surface area contributed by atoms with Crippen LogP contribution in [-0.2, 0) is 7.05 Å². The van der Waals surface area contributed by atoms with Crippen LogP contribution >= 0.6 is 0 Å². The molecule has 1 N–H and O–H groups in total. The first-order chi connectivity index (χ1) is 5.95. The molecular weight excluding hydrogens is 170 g/mol. The monoisotopic (exact) mass is 181 g/mol. The number of carbonyl (C=O) groups is 2. The summed E-state index contributed by atoms with van der Waals surface area (Å²) >= 11 is 0. The average molecular weight is 181 g/mol. The van der Waals surface area contributed by atoms with E-state index in [1.165, 1.54) is 13.1 Å². The predicted octanol–water partition coefficient (Wildman–Crippen LogP) is 1.23. The summed E-state index contributed by atoms with van der Waals surface area (Å²) in [5.41, 5.74) is 1.17. The molecule has 13 heavy (non-hydrogen) atoms. The summed E-state index contributed by atoms with van der Waals surface area (Å²) in [4.78, 5) is 21.8. The Hall–Kier alpha value is -1.58. The third-order valence-electron chi connectivity index (χ3n) is 2.00. The van der Waals surface area contributed by atoms with Crippen molar-refractivity contribution >= 4 is 11.8 Å². The summed E-state index contributed by atoms with van der Waals surface area (Å²) < 4.78 is 1.54. The van der Waals surface area contributed by atoms with Gasteiger partial charge in [0, 0.05) is 20.2 Å². The number of carboxylic acid groups (broad SMARTS) is 1. The summed E-state index contributed by atoms with van der Waals surface area (Å²) in [6.07, 6.45) is 1.45. The molecule has 1 rings (SSSR count). The largest absolute Gasteiger partial charge is 0.478 e. The number of aromatic nitrogens is 1. The highest BCUT2D eigenvalue weighted by Gasteiger charge is 2.17. The van der Waals surface area contributed by atoms with Crippen LogP contribution < -0.4 is 0 Å². The highest BCUT2D eigenvalue weighted by atomic mass is 16.4. The number of aromatic carboxylic acids is 1. The van der Waals surface area contributed by atoms with E-state index in [1.807, 2.05) is 0 Å². The summed E-state index contributed by atoms with van der Waals surface area (Å²) in [5.74, 6) is -1.12. The molecule has 0 unspecified atom stereocenters. The van der Waals surface area contributed by atoms with Crippen LogP contribution in [0.4, 0.5) is 0 Å². The first-order valence-corrected chi connectivity index (χ1v) is 3.85. The van der Waals surface area contributed by atoms with Crippen LogP contribution in [0.3, 0.4) is 0 Å². The zero-order chi connectivity index (χ0) is 10.2. The zero-order valence-electron chi connectivity index (χ0n) is 7.79. The summed E-state index contributed by atoms with van der Waals surface area (Å²) in [5, 5.41) is 8.76. The molecule has 70 valence electrons. The molecular formula is C9H11NO3. The number of hydrogen-bond acceptors (Lipinski definition) is 2. The molecule has 4 heteroatoms. The molecule has 1 aromatic rings. The van der Waals surface area contributed by atoms with Gasteiger partial charge in [0.1, 0.15) is 0 Å². The third kappa shape index (κ3) is 1.47. The first-order valence-electron chi connectivity index (χ1n) is 3.85. The van der Waals surface area contributed by atoms with Crippen molar-refractivity contribution in [2.24, 2.45) is 7.05 Å². The summed E-state index contributed by atoms with van der Waals surface area (Å²) in [6, 6.07) is 0. The molecule has 0 atom stereocenters. The van der Waals surface area contributed by atoms with Crippen molar-refractivity contribution in [3.8, 4) is 0 Å². The van der Waals surface area contributed by atoms with E-state index in [1.54, 1.807) is 18.5 Å². The van der Waals surface area contributed by atoms with Crippen LogP contribution in [0.5, 0.6) is 0 Å². The fourth-order valence-electron chi connectivity index (χ4n) is 1.48. The lowest BCUT2D eigenvalue weighted by Gasteiger charge is -1.98. The second-order valence-electron chi connectivity index (χ2n) is 2.99. The van der Waals surface area contributed by atoms with Gasteiger partial charge in [-0.3, -0.25) is 4.79 Å². The number of Topliss-reactive ketones (excluding diaryl/α,β-unsaturated/α-hetero) is 1. The van der Waals surface area contributed by atoms with Gasteiger partial charge in [0.2, 0.25) is 0 Å².